The molecule has 0 radical (unpaired) electrons. The van der Waals surface area contributed by atoms with Gasteiger partial charge in [-0.3, -0.25) is 9.59 Å². The molecule has 0 aliphatic carbocycles. The van der Waals surface area contributed by atoms with Crippen molar-refractivity contribution in [3.8, 4) is 0 Å². The van der Waals surface area contributed by atoms with Crippen LogP contribution in [0, 0.1) is 0 Å². The maximum absolute atomic E-state index is 12.2. The van der Waals surface area contributed by atoms with Crippen molar-refractivity contribution in [3.05, 3.63) is 0 Å². The summed E-state index contributed by atoms with van der Waals surface area (Å²) in [6, 6.07) is -0.711. The highest BCUT2D eigenvalue weighted by Gasteiger charge is 2.38. The van der Waals surface area contributed by atoms with Gasteiger partial charge in [-0.2, -0.15) is 0 Å². The molecular weight excluding hydrogens is 232 g/mol. The van der Waals surface area contributed by atoms with Crippen LogP contribution in [0.15, 0.2) is 0 Å². The summed E-state index contributed by atoms with van der Waals surface area (Å²) in [7, 11) is 0. The minimum atomic E-state index is -0.369. The van der Waals surface area contributed by atoms with Crippen molar-refractivity contribution >= 4 is 11.8 Å². The maximum Gasteiger partial charge on any atom is 0.245 e. The third-order valence-electron chi connectivity index (χ3n) is 3.20. The fraction of sp³-hybridized carbons (Fsp3) is 0.846. The average molecular weight is 256 g/mol. The molecule has 104 valence electrons. The molecule has 2 amide bonds. The zero-order valence-corrected chi connectivity index (χ0v) is 11.6. The quantitative estimate of drug-likeness (QED) is 0.689. The first kappa shape index (κ1) is 15.0. The van der Waals surface area contributed by atoms with Crippen LogP contribution in [0.3, 0.4) is 0 Å². The Kier molecular flexibility index (Phi) is 6.12. The summed E-state index contributed by atoms with van der Waals surface area (Å²) < 4.78 is 5.41. The molecule has 1 saturated heterocycles. The van der Waals surface area contributed by atoms with E-state index in [1.165, 1.54) is 0 Å². The number of nitrogens with one attached hydrogen (secondary N) is 1. The number of ether oxygens (including phenoxy) is 1. The summed E-state index contributed by atoms with van der Waals surface area (Å²) >= 11 is 0. The van der Waals surface area contributed by atoms with E-state index in [4.69, 9.17) is 4.74 Å². The Morgan fingerprint density at radius 1 is 1.17 bits per heavy atom. The molecule has 1 heterocycles. The van der Waals surface area contributed by atoms with Crippen LogP contribution in [0.5, 0.6) is 0 Å². The zero-order chi connectivity index (χ0) is 13.5. The van der Waals surface area contributed by atoms with E-state index in [2.05, 4.69) is 5.32 Å². The van der Waals surface area contributed by atoms with E-state index in [0.717, 1.165) is 6.42 Å². The predicted octanol–water partition coefficient (Wildman–Crippen LogP) is 0.929. The van der Waals surface area contributed by atoms with E-state index >= 15 is 0 Å². The molecule has 1 fully saturated rings. The number of hydrogen-bond donors (Lipinski definition) is 1. The van der Waals surface area contributed by atoms with Gasteiger partial charge in [-0.15, -0.1) is 0 Å². The van der Waals surface area contributed by atoms with E-state index < -0.39 is 0 Å². The molecule has 1 N–H and O–H groups in total. The number of nitrogens with zero attached hydrogens (tertiary/aromatic N) is 1. The lowest BCUT2D eigenvalue weighted by Crippen LogP contribution is -2.63. The van der Waals surface area contributed by atoms with Gasteiger partial charge in [0, 0.05) is 13.2 Å². The van der Waals surface area contributed by atoms with Gasteiger partial charge in [0.05, 0.1) is 6.61 Å². The number of hydrogen-bond acceptors (Lipinski definition) is 3. The van der Waals surface area contributed by atoms with Gasteiger partial charge in [-0.25, -0.2) is 0 Å². The Labute approximate surface area is 109 Å². The monoisotopic (exact) mass is 256 g/mol. The second kappa shape index (κ2) is 7.36. The molecule has 18 heavy (non-hydrogen) atoms. The van der Waals surface area contributed by atoms with Crippen LogP contribution < -0.4 is 5.32 Å². The molecule has 0 aromatic heterocycles. The van der Waals surface area contributed by atoms with Gasteiger partial charge < -0.3 is 15.0 Å². The summed E-state index contributed by atoms with van der Waals surface area (Å²) in [5.41, 5.74) is 0. The molecule has 5 nitrogen and oxygen atoms in total. The first-order valence-electron chi connectivity index (χ1n) is 6.84. The molecular formula is C13H24N2O3. The Morgan fingerprint density at radius 3 is 2.44 bits per heavy atom. The molecule has 0 saturated carbocycles. The maximum atomic E-state index is 12.2. The Balaban J connectivity index is 2.62. The summed E-state index contributed by atoms with van der Waals surface area (Å²) in [4.78, 5) is 25.8. The van der Waals surface area contributed by atoms with Gasteiger partial charge in [-0.1, -0.05) is 20.8 Å². The third-order valence-corrected chi connectivity index (χ3v) is 3.20. The van der Waals surface area contributed by atoms with E-state index in [9.17, 15) is 9.59 Å². The molecule has 2 unspecified atom stereocenters. The SMILES string of the molecule is CCCOCCN1C(=O)C(CC)NC(=O)C1CC. The Morgan fingerprint density at radius 2 is 1.89 bits per heavy atom. The van der Waals surface area contributed by atoms with Gasteiger partial charge in [0.15, 0.2) is 0 Å². The van der Waals surface area contributed by atoms with Crippen molar-refractivity contribution in [3.63, 3.8) is 0 Å². The highest BCUT2D eigenvalue weighted by molar-refractivity contribution is 5.96. The number of piperazine rings is 1. The summed E-state index contributed by atoms with van der Waals surface area (Å²) in [5, 5.41) is 2.78. The van der Waals surface area contributed by atoms with Crippen molar-refractivity contribution < 1.29 is 14.3 Å². The zero-order valence-electron chi connectivity index (χ0n) is 11.6. The molecule has 1 aliphatic heterocycles. The summed E-state index contributed by atoms with van der Waals surface area (Å²) in [6.07, 6.45) is 2.23. The van der Waals surface area contributed by atoms with E-state index in [1.807, 2.05) is 20.8 Å². The molecule has 0 aromatic rings. The van der Waals surface area contributed by atoms with Gasteiger partial charge in [-0.05, 0) is 19.3 Å². The second-order valence-corrected chi connectivity index (χ2v) is 4.54. The normalized spacial score (nSPS) is 24.3. The minimum Gasteiger partial charge on any atom is -0.380 e. The molecule has 0 aromatic carbocycles. The molecule has 0 bridgehead atoms. The standard InChI is InChI=1S/C13H24N2O3/c1-4-8-18-9-7-15-11(6-3)12(16)14-10(5-2)13(15)17/h10-11H,4-9H2,1-3H3,(H,14,16). The Bertz CT molecular complexity index is 294. The molecule has 1 rings (SSSR count). The van der Waals surface area contributed by atoms with Gasteiger partial charge in [0.1, 0.15) is 12.1 Å². The predicted molar refractivity (Wildman–Crippen MR) is 69.1 cm³/mol. The molecule has 5 heteroatoms. The van der Waals surface area contributed by atoms with Crippen molar-refractivity contribution in [2.45, 2.75) is 52.1 Å². The van der Waals surface area contributed by atoms with Crippen molar-refractivity contribution in [2.75, 3.05) is 19.8 Å². The number of carbonyl (C=O) groups is 2. The van der Waals surface area contributed by atoms with Crippen molar-refractivity contribution in [1.29, 1.82) is 0 Å². The molecule has 0 spiro atoms. The highest BCUT2D eigenvalue weighted by Crippen LogP contribution is 2.14. The van der Waals surface area contributed by atoms with Crippen LogP contribution in [-0.4, -0.2) is 48.6 Å². The number of amides is 2. The molecule has 2 atom stereocenters. The first-order chi connectivity index (χ1) is 8.65. The fourth-order valence-electron chi connectivity index (χ4n) is 2.18. The van der Waals surface area contributed by atoms with Gasteiger partial charge >= 0.3 is 0 Å². The van der Waals surface area contributed by atoms with Crippen LogP contribution in [0.1, 0.15) is 40.0 Å². The van der Waals surface area contributed by atoms with E-state index in [0.29, 0.717) is 32.6 Å². The van der Waals surface area contributed by atoms with Gasteiger partial charge in [0.2, 0.25) is 11.8 Å². The van der Waals surface area contributed by atoms with Crippen LogP contribution >= 0.6 is 0 Å². The van der Waals surface area contributed by atoms with Crippen LogP contribution in [-0.2, 0) is 14.3 Å². The second-order valence-electron chi connectivity index (χ2n) is 4.54. The van der Waals surface area contributed by atoms with Crippen LogP contribution in [0.4, 0.5) is 0 Å². The van der Waals surface area contributed by atoms with E-state index in [1.54, 1.807) is 4.90 Å². The summed E-state index contributed by atoms with van der Waals surface area (Å²) in [6.45, 7) is 7.56. The van der Waals surface area contributed by atoms with E-state index in [-0.39, 0.29) is 23.9 Å². The lowest BCUT2D eigenvalue weighted by Gasteiger charge is -2.38. The lowest BCUT2D eigenvalue weighted by atomic mass is 10.0. The minimum absolute atomic E-state index is 0.0176. The third kappa shape index (κ3) is 3.45. The molecule has 1 aliphatic rings. The number of carbonyl (C=O) groups excluding carboxylic acids is 2. The van der Waals surface area contributed by atoms with Crippen molar-refractivity contribution in [2.24, 2.45) is 0 Å². The Hall–Kier alpha value is -1.10. The first-order valence-corrected chi connectivity index (χ1v) is 6.84. The average Bonchev–Trinajstić information content (AvgIpc) is 2.37. The number of rotatable bonds is 7. The smallest absolute Gasteiger partial charge is 0.245 e. The lowest BCUT2D eigenvalue weighted by molar-refractivity contribution is -0.150. The van der Waals surface area contributed by atoms with Gasteiger partial charge in [0.25, 0.3) is 0 Å². The van der Waals surface area contributed by atoms with Crippen molar-refractivity contribution in [1.82, 2.24) is 10.2 Å². The highest BCUT2D eigenvalue weighted by atomic mass is 16.5. The fourth-order valence-corrected chi connectivity index (χ4v) is 2.18. The van der Waals surface area contributed by atoms with Crippen LogP contribution in [0.25, 0.3) is 0 Å². The summed E-state index contributed by atoms with van der Waals surface area (Å²) in [5.74, 6) is -0.0245. The van der Waals surface area contributed by atoms with Crippen LogP contribution in [0.2, 0.25) is 0 Å². The largest absolute Gasteiger partial charge is 0.380 e. The topological polar surface area (TPSA) is 58.6 Å².